The Labute approximate surface area is 121 Å². The number of carboxylic acids is 1. The number of nitrogens with zero attached hydrogens (tertiary/aromatic N) is 1. The first-order valence-corrected chi connectivity index (χ1v) is 6.90. The molecule has 0 spiro atoms. The Morgan fingerprint density at radius 3 is 2.71 bits per heavy atom. The number of benzene rings is 1. The van der Waals surface area contributed by atoms with Crippen LogP contribution in [0.4, 0.5) is 4.39 Å². The molecular formula is C15H16FNO4. The van der Waals surface area contributed by atoms with Crippen molar-refractivity contribution < 1.29 is 23.8 Å². The van der Waals surface area contributed by atoms with E-state index in [1.54, 1.807) is 24.0 Å². The van der Waals surface area contributed by atoms with Gasteiger partial charge in [0.25, 0.3) is 0 Å². The minimum absolute atomic E-state index is 0.0395. The number of aliphatic carboxylic acids is 1. The maximum absolute atomic E-state index is 13.8. The van der Waals surface area contributed by atoms with Gasteiger partial charge in [-0.1, -0.05) is 12.1 Å². The van der Waals surface area contributed by atoms with Gasteiger partial charge in [-0.15, -0.1) is 0 Å². The van der Waals surface area contributed by atoms with E-state index in [1.165, 1.54) is 6.07 Å². The van der Waals surface area contributed by atoms with Crippen LogP contribution in [0.5, 0.6) is 0 Å². The minimum Gasteiger partial charge on any atom is -0.479 e. The summed E-state index contributed by atoms with van der Waals surface area (Å²) in [6.07, 6.45) is 0.539. The summed E-state index contributed by atoms with van der Waals surface area (Å²) in [7, 11) is 0. The lowest BCUT2D eigenvalue weighted by Crippen LogP contribution is -2.52. The summed E-state index contributed by atoms with van der Waals surface area (Å²) in [6.45, 7) is 1.40. The van der Waals surface area contributed by atoms with E-state index in [0.717, 1.165) is 12.8 Å². The zero-order valence-corrected chi connectivity index (χ0v) is 11.6. The highest BCUT2D eigenvalue weighted by atomic mass is 19.1. The molecule has 2 unspecified atom stereocenters. The second-order valence-corrected chi connectivity index (χ2v) is 5.56. The third-order valence-electron chi connectivity index (χ3n) is 3.98. The van der Waals surface area contributed by atoms with Gasteiger partial charge in [0, 0.05) is 6.04 Å². The highest BCUT2D eigenvalue weighted by Gasteiger charge is 2.47. The maximum atomic E-state index is 13.8. The van der Waals surface area contributed by atoms with Crippen LogP contribution in [0, 0.1) is 12.7 Å². The van der Waals surface area contributed by atoms with Crippen LogP contribution in [0.3, 0.4) is 0 Å². The van der Waals surface area contributed by atoms with Crippen LogP contribution in [-0.2, 0) is 14.3 Å². The van der Waals surface area contributed by atoms with Gasteiger partial charge < -0.3 is 14.7 Å². The molecule has 2 aliphatic rings. The fourth-order valence-corrected chi connectivity index (χ4v) is 2.75. The van der Waals surface area contributed by atoms with E-state index in [9.17, 15) is 19.1 Å². The fraction of sp³-hybridized carbons (Fsp3) is 0.467. The second kappa shape index (κ2) is 5.11. The summed E-state index contributed by atoms with van der Waals surface area (Å²) in [5, 5.41) is 9.34. The molecule has 1 aliphatic carbocycles. The number of morpholine rings is 1. The molecule has 1 heterocycles. The van der Waals surface area contributed by atoms with Crippen LogP contribution in [0.1, 0.15) is 30.0 Å². The van der Waals surface area contributed by atoms with Gasteiger partial charge >= 0.3 is 5.97 Å². The molecule has 0 bridgehead atoms. The number of ether oxygens (including phenoxy) is 1. The smallest absolute Gasteiger partial charge is 0.335 e. The lowest BCUT2D eigenvalue weighted by Gasteiger charge is -2.39. The Hall–Kier alpha value is -1.95. The van der Waals surface area contributed by atoms with Gasteiger partial charge in [-0.05, 0) is 37.0 Å². The summed E-state index contributed by atoms with van der Waals surface area (Å²) in [5.74, 6) is -1.79. The minimum atomic E-state index is -1.16. The summed E-state index contributed by atoms with van der Waals surface area (Å²) in [4.78, 5) is 25.1. The molecule has 112 valence electrons. The highest BCUT2D eigenvalue weighted by molar-refractivity contribution is 5.83. The van der Waals surface area contributed by atoms with Crippen molar-refractivity contribution in [2.45, 2.75) is 38.0 Å². The zero-order chi connectivity index (χ0) is 15.1. The standard InChI is InChI=1S/C15H16FNO4/c1-8-2-3-9(6-11(8)16)13-14(15(19)20)21-7-12(18)17(13)10-4-5-10/h2-3,6,10,13-14H,4-5,7H2,1H3,(H,19,20). The lowest BCUT2D eigenvalue weighted by molar-refractivity contribution is -0.174. The molecule has 2 fully saturated rings. The molecule has 2 atom stereocenters. The first-order chi connectivity index (χ1) is 9.99. The molecule has 3 rings (SSSR count). The molecule has 5 nitrogen and oxygen atoms in total. The van der Waals surface area contributed by atoms with Crippen molar-refractivity contribution in [3.8, 4) is 0 Å². The highest BCUT2D eigenvalue weighted by Crippen LogP contribution is 2.39. The number of rotatable bonds is 3. The van der Waals surface area contributed by atoms with Crippen molar-refractivity contribution >= 4 is 11.9 Å². The first-order valence-electron chi connectivity index (χ1n) is 6.90. The van der Waals surface area contributed by atoms with Crippen molar-refractivity contribution in [2.75, 3.05) is 6.61 Å². The number of halogens is 1. The molecule has 0 radical (unpaired) electrons. The van der Waals surface area contributed by atoms with Crippen LogP contribution in [0.15, 0.2) is 18.2 Å². The predicted molar refractivity (Wildman–Crippen MR) is 71.1 cm³/mol. The van der Waals surface area contributed by atoms with Crippen LogP contribution in [-0.4, -0.2) is 40.6 Å². The quantitative estimate of drug-likeness (QED) is 0.920. The molecular weight excluding hydrogens is 277 g/mol. The Bertz CT molecular complexity index is 599. The average molecular weight is 293 g/mol. The van der Waals surface area contributed by atoms with Gasteiger partial charge in [-0.2, -0.15) is 0 Å². The second-order valence-electron chi connectivity index (χ2n) is 5.56. The number of carboxylic acid groups (broad SMARTS) is 1. The molecule has 1 amide bonds. The SMILES string of the molecule is Cc1ccc(C2C(C(=O)O)OCC(=O)N2C2CC2)cc1F. The van der Waals surface area contributed by atoms with Gasteiger partial charge in [-0.25, -0.2) is 9.18 Å². The van der Waals surface area contributed by atoms with Gasteiger partial charge in [0.2, 0.25) is 5.91 Å². The fourth-order valence-electron chi connectivity index (χ4n) is 2.75. The number of amides is 1. The summed E-state index contributed by atoms with van der Waals surface area (Å²) in [6, 6.07) is 3.82. The largest absolute Gasteiger partial charge is 0.479 e. The average Bonchev–Trinajstić information content (AvgIpc) is 3.25. The Morgan fingerprint density at radius 1 is 1.43 bits per heavy atom. The van der Waals surface area contributed by atoms with Crippen LogP contribution >= 0.6 is 0 Å². The first kappa shape index (κ1) is 14.0. The molecule has 1 N–H and O–H groups in total. The van der Waals surface area contributed by atoms with Crippen LogP contribution in [0.2, 0.25) is 0 Å². The van der Waals surface area contributed by atoms with Crippen molar-refractivity contribution in [1.82, 2.24) is 4.90 Å². The summed E-state index contributed by atoms with van der Waals surface area (Å²) >= 11 is 0. The number of carbonyl (C=O) groups is 2. The van der Waals surface area contributed by atoms with Gasteiger partial charge in [0.1, 0.15) is 12.4 Å². The Kier molecular flexibility index (Phi) is 3.41. The number of carbonyl (C=O) groups excluding carboxylic acids is 1. The van der Waals surface area contributed by atoms with Crippen molar-refractivity contribution in [3.05, 3.63) is 35.1 Å². The number of hydrogen-bond donors (Lipinski definition) is 1. The third-order valence-corrected chi connectivity index (χ3v) is 3.98. The van der Waals surface area contributed by atoms with Crippen molar-refractivity contribution in [1.29, 1.82) is 0 Å². The van der Waals surface area contributed by atoms with Crippen LogP contribution < -0.4 is 0 Å². The molecule has 6 heteroatoms. The Morgan fingerprint density at radius 2 is 2.14 bits per heavy atom. The number of aryl methyl sites for hydroxylation is 1. The maximum Gasteiger partial charge on any atom is 0.335 e. The van der Waals surface area contributed by atoms with Crippen molar-refractivity contribution in [2.24, 2.45) is 0 Å². The third kappa shape index (κ3) is 2.51. The molecule has 21 heavy (non-hydrogen) atoms. The predicted octanol–water partition coefficient (Wildman–Crippen LogP) is 1.65. The van der Waals surface area contributed by atoms with E-state index in [-0.39, 0.29) is 18.6 Å². The van der Waals surface area contributed by atoms with E-state index < -0.39 is 23.9 Å². The molecule has 1 aliphatic heterocycles. The van der Waals surface area contributed by atoms with Gasteiger partial charge in [-0.3, -0.25) is 4.79 Å². The normalized spacial score (nSPS) is 26.0. The van der Waals surface area contributed by atoms with Gasteiger partial charge in [0.05, 0.1) is 6.04 Å². The zero-order valence-electron chi connectivity index (χ0n) is 11.6. The molecule has 0 aromatic heterocycles. The molecule has 1 saturated heterocycles. The van der Waals surface area contributed by atoms with E-state index in [1.807, 2.05) is 0 Å². The van der Waals surface area contributed by atoms with E-state index in [0.29, 0.717) is 11.1 Å². The van der Waals surface area contributed by atoms with Crippen LogP contribution in [0.25, 0.3) is 0 Å². The summed E-state index contributed by atoms with van der Waals surface area (Å²) < 4.78 is 19.0. The molecule has 1 aromatic rings. The monoisotopic (exact) mass is 293 g/mol. The molecule has 1 aromatic carbocycles. The topological polar surface area (TPSA) is 66.8 Å². The van der Waals surface area contributed by atoms with Crippen molar-refractivity contribution in [3.63, 3.8) is 0 Å². The lowest BCUT2D eigenvalue weighted by atomic mass is 9.96. The Balaban J connectivity index is 2.03. The number of hydrogen-bond acceptors (Lipinski definition) is 3. The van der Waals surface area contributed by atoms with E-state index >= 15 is 0 Å². The van der Waals surface area contributed by atoms with E-state index in [2.05, 4.69) is 0 Å². The van der Waals surface area contributed by atoms with E-state index in [4.69, 9.17) is 4.74 Å². The summed E-state index contributed by atoms with van der Waals surface area (Å²) in [5.41, 5.74) is 0.942. The molecule has 1 saturated carbocycles. The van der Waals surface area contributed by atoms with Gasteiger partial charge in [0.15, 0.2) is 6.10 Å².